The van der Waals surface area contributed by atoms with E-state index < -0.39 is 6.17 Å². The van der Waals surface area contributed by atoms with Crippen molar-refractivity contribution < 1.29 is 9.13 Å². The highest BCUT2D eigenvalue weighted by Gasteiger charge is 2.30. The van der Waals surface area contributed by atoms with E-state index in [-0.39, 0.29) is 6.04 Å². The molecule has 0 heterocycles. The highest BCUT2D eigenvalue weighted by molar-refractivity contribution is 5.45. The molecule has 2 atom stereocenters. The van der Waals surface area contributed by atoms with Crippen LogP contribution >= 0.6 is 0 Å². The Morgan fingerprint density at radius 1 is 1.27 bits per heavy atom. The quantitative estimate of drug-likeness (QED) is 0.747. The van der Waals surface area contributed by atoms with Crippen LogP contribution in [0.15, 0.2) is 24.3 Å². The van der Waals surface area contributed by atoms with Crippen molar-refractivity contribution in [3.63, 3.8) is 0 Å². The lowest BCUT2D eigenvalue weighted by molar-refractivity contribution is 0.149. The van der Waals surface area contributed by atoms with Gasteiger partial charge >= 0.3 is 0 Å². The summed E-state index contributed by atoms with van der Waals surface area (Å²) in [6, 6.07) is 7.44. The molecule has 0 radical (unpaired) electrons. The van der Waals surface area contributed by atoms with Gasteiger partial charge in [-0.2, -0.15) is 0 Å². The van der Waals surface area contributed by atoms with E-state index in [1.807, 2.05) is 24.3 Å². The van der Waals surface area contributed by atoms with Crippen LogP contribution in [0.25, 0.3) is 0 Å². The van der Waals surface area contributed by atoms with Crippen molar-refractivity contribution in [2.24, 2.45) is 0 Å². The fourth-order valence-electron chi connectivity index (χ4n) is 1.47. The van der Waals surface area contributed by atoms with Crippen LogP contribution in [0, 0.1) is 0 Å². The van der Waals surface area contributed by atoms with E-state index in [2.05, 4.69) is 10.9 Å². The molecule has 15 heavy (non-hydrogen) atoms. The molecule has 1 aromatic carbocycles. The zero-order valence-electron chi connectivity index (χ0n) is 8.66. The second-order valence-corrected chi connectivity index (χ2v) is 3.70. The first-order chi connectivity index (χ1) is 7.29. The van der Waals surface area contributed by atoms with Crippen molar-refractivity contribution in [3.8, 4) is 5.75 Å². The zero-order valence-corrected chi connectivity index (χ0v) is 8.66. The van der Waals surface area contributed by atoms with Gasteiger partial charge in [0, 0.05) is 5.69 Å². The molecule has 2 rings (SSSR count). The predicted molar refractivity (Wildman–Crippen MR) is 57.7 cm³/mol. The molecule has 0 spiro atoms. The summed E-state index contributed by atoms with van der Waals surface area (Å²) < 4.78 is 17.9. The van der Waals surface area contributed by atoms with Gasteiger partial charge in [0.1, 0.15) is 11.9 Å². The molecular weight excluding hydrogens is 195 g/mol. The number of benzene rings is 1. The van der Waals surface area contributed by atoms with Gasteiger partial charge in [0.15, 0.2) is 0 Å². The smallest absolute Gasteiger partial charge is 0.119 e. The summed E-state index contributed by atoms with van der Waals surface area (Å²) in [7, 11) is 1.63. The van der Waals surface area contributed by atoms with Crippen LogP contribution in [-0.4, -0.2) is 19.3 Å². The number of anilines is 1. The number of ether oxygens (including phenoxy) is 1. The molecule has 2 N–H and O–H groups in total. The third-order valence-electron chi connectivity index (χ3n) is 2.68. The average molecular weight is 210 g/mol. The van der Waals surface area contributed by atoms with Gasteiger partial charge in [-0.3, -0.25) is 0 Å². The third-order valence-corrected chi connectivity index (χ3v) is 2.68. The summed E-state index contributed by atoms with van der Waals surface area (Å²) in [5.74, 6) is 0.813. The molecule has 0 amide bonds. The molecule has 4 heteroatoms. The predicted octanol–water partition coefficient (Wildman–Crippen LogP) is 2.11. The summed E-state index contributed by atoms with van der Waals surface area (Å²) in [5.41, 5.74) is 6.85. The molecule has 2 unspecified atom stereocenters. The average Bonchev–Trinajstić information content (AvgIpc) is 2.28. The topological polar surface area (TPSA) is 33.3 Å². The Morgan fingerprint density at radius 3 is 2.47 bits per heavy atom. The lowest BCUT2D eigenvalue weighted by Gasteiger charge is -2.31. The van der Waals surface area contributed by atoms with Crippen molar-refractivity contribution in [3.05, 3.63) is 24.3 Å². The van der Waals surface area contributed by atoms with E-state index >= 15 is 0 Å². The highest BCUT2D eigenvalue weighted by Crippen LogP contribution is 2.23. The Bertz CT molecular complexity index is 315. The molecule has 0 aliphatic heterocycles. The lowest BCUT2D eigenvalue weighted by Crippen LogP contribution is -2.47. The van der Waals surface area contributed by atoms with Crippen molar-refractivity contribution in [1.29, 1.82) is 0 Å². The Balaban J connectivity index is 1.82. The molecule has 1 saturated carbocycles. The monoisotopic (exact) mass is 210 g/mol. The number of hydrazine groups is 1. The van der Waals surface area contributed by atoms with Gasteiger partial charge < -0.3 is 10.2 Å². The van der Waals surface area contributed by atoms with Crippen LogP contribution in [0.4, 0.5) is 10.1 Å². The van der Waals surface area contributed by atoms with E-state index in [1.165, 1.54) is 0 Å². The Hall–Kier alpha value is -1.29. The SMILES string of the molecule is COc1ccc(NNC2CCC2F)cc1. The fourth-order valence-corrected chi connectivity index (χ4v) is 1.47. The van der Waals surface area contributed by atoms with E-state index in [0.717, 1.165) is 17.9 Å². The van der Waals surface area contributed by atoms with Gasteiger partial charge in [0.05, 0.1) is 13.2 Å². The molecule has 1 aromatic rings. The maximum absolute atomic E-state index is 12.9. The number of halogens is 1. The largest absolute Gasteiger partial charge is 0.497 e. The van der Waals surface area contributed by atoms with Gasteiger partial charge in [0.25, 0.3) is 0 Å². The number of methoxy groups -OCH3 is 1. The maximum Gasteiger partial charge on any atom is 0.119 e. The van der Waals surface area contributed by atoms with E-state index in [9.17, 15) is 4.39 Å². The van der Waals surface area contributed by atoms with E-state index in [1.54, 1.807) is 7.11 Å². The Morgan fingerprint density at radius 2 is 2.00 bits per heavy atom. The van der Waals surface area contributed by atoms with Crippen LogP contribution in [0.1, 0.15) is 12.8 Å². The second kappa shape index (κ2) is 4.49. The number of hydrogen-bond donors (Lipinski definition) is 2. The van der Waals surface area contributed by atoms with Crippen molar-refractivity contribution >= 4 is 5.69 Å². The van der Waals surface area contributed by atoms with Gasteiger partial charge in [0.2, 0.25) is 0 Å². The molecule has 0 aromatic heterocycles. The van der Waals surface area contributed by atoms with Crippen molar-refractivity contribution in [2.45, 2.75) is 25.1 Å². The Labute approximate surface area is 88.6 Å². The molecule has 1 aliphatic carbocycles. The minimum atomic E-state index is -0.712. The third kappa shape index (κ3) is 2.39. The number of nitrogens with one attached hydrogen (secondary N) is 2. The standard InChI is InChI=1S/C11H15FN2O/c1-15-9-4-2-8(3-5-9)13-14-11-7-6-10(11)12/h2-5,10-11,13-14H,6-7H2,1H3. The van der Waals surface area contributed by atoms with E-state index in [4.69, 9.17) is 4.74 Å². The van der Waals surface area contributed by atoms with Crippen LogP contribution in [0.3, 0.4) is 0 Å². The van der Waals surface area contributed by atoms with Crippen LogP contribution < -0.4 is 15.6 Å². The summed E-state index contributed by atoms with van der Waals surface area (Å²) in [6.07, 6.45) is 0.850. The molecule has 0 saturated heterocycles. The first kappa shape index (κ1) is 10.2. The normalized spacial score (nSPS) is 24.4. The first-order valence-corrected chi connectivity index (χ1v) is 5.09. The number of rotatable bonds is 4. The summed E-state index contributed by atoms with van der Waals surface area (Å²) >= 11 is 0. The number of hydrogen-bond acceptors (Lipinski definition) is 3. The highest BCUT2D eigenvalue weighted by atomic mass is 19.1. The van der Waals surface area contributed by atoms with Gasteiger partial charge in [-0.25, -0.2) is 9.82 Å². The second-order valence-electron chi connectivity index (χ2n) is 3.70. The first-order valence-electron chi connectivity index (χ1n) is 5.09. The molecule has 3 nitrogen and oxygen atoms in total. The van der Waals surface area contributed by atoms with Gasteiger partial charge in [-0.15, -0.1) is 0 Å². The van der Waals surface area contributed by atoms with Gasteiger partial charge in [-0.05, 0) is 37.1 Å². The molecule has 0 bridgehead atoms. The Kier molecular flexibility index (Phi) is 3.06. The van der Waals surface area contributed by atoms with Gasteiger partial charge in [-0.1, -0.05) is 0 Å². The van der Waals surface area contributed by atoms with Crippen LogP contribution in [-0.2, 0) is 0 Å². The summed E-state index contributed by atoms with van der Waals surface area (Å²) in [6.45, 7) is 0. The van der Waals surface area contributed by atoms with E-state index in [0.29, 0.717) is 6.42 Å². The van der Waals surface area contributed by atoms with Crippen molar-refractivity contribution in [1.82, 2.24) is 5.43 Å². The molecule has 1 aliphatic rings. The molecular formula is C11H15FN2O. The molecule has 1 fully saturated rings. The minimum absolute atomic E-state index is 0.0490. The van der Waals surface area contributed by atoms with Crippen molar-refractivity contribution in [2.75, 3.05) is 12.5 Å². The maximum atomic E-state index is 12.9. The zero-order chi connectivity index (χ0) is 10.7. The van der Waals surface area contributed by atoms with Crippen LogP contribution in [0.2, 0.25) is 0 Å². The molecule has 82 valence electrons. The summed E-state index contributed by atoms with van der Waals surface area (Å²) in [4.78, 5) is 0. The number of alkyl halides is 1. The lowest BCUT2D eigenvalue weighted by atomic mass is 9.91. The fraction of sp³-hybridized carbons (Fsp3) is 0.455. The van der Waals surface area contributed by atoms with Crippen LogP contribution in [0.5, 0.6) is 5.75 Å². The summed E-state index contributed by atoms with van der Waals surface area (Å²) in [5, 5.41) is 0. The minimum Gasteiger partial charge on any atom is -0.497 e.